The Hall–Kier alpha value is -0.530. The quantitative estimate of drug-likeness (QED) is 0.578. The molecule has 0 aromatic heterocycles. The molecule has 0 N–H and O–H groups in total. The van der Waals surface area contributed by atoms with Crippen LogP contribution < -0.4 is 0 Å². The fraction of sp³-hybridized carbons (Fsp3) is 0.917. The fourth-order valence-corrected chi connectivity index (χ4v) is 4.08. The molecule has 0 aromatic carbocycles. The Morgan fingerprint density at radius 3 is 2.93 bits per heavy atom. The maximum Gasteiger partial charge on any atom is 0.223 e. The van der Waals surface area contributed by atoms with Crippen molar-refractivity contribution in [3.8, 4) is 0 Å². The third kappa shape index (κ3) is 0.999. The zero-order chi connectivity index (χ0) is 9.60. The maximum atomic E-state index is 11.8. The zero-order valence-electron chi connectivity index (χ0n) is 8.80. The molecule has 2 heterocycles. The topological polar surface area (TPSA) is 20.3 Å². The van der Waals surface area contributed by atoms with Crippen molar-refractivity contribution >= 4 is 5.91 Å². The van der Waals surface area contributed by atoms with Gasteiger partial charge < -0.3 is 4.90 Å². The van der Waals surface area contributed by atoms with Gasteiger partial charge in [-0.15, -0.1) is 0 Å². The Morgan fingerprint density at radius 2 is 2.00 bits per heavy atom. The van der Waals surface area contributed by atoms with E-state index in [9.17, 15) is 4.79 Å². The molecule has 1 aliphatic carbocycles. The van der Waals surface area contributed by atoms with Crippen molar-refractivity contribution < 1.29 is 4.79 Å². The van der Waals surface area contributed by atoms with Crippen molar-refractivity contribution in [3.63, 3.8) is 0 Å². The number of piperidine rings is 1. The monoisotopic (exact) mass is 193 g/mol. The highest BCUT2D eigenvalue weighted by Crippen LogP contribution is 2.50. The van der Waals surface area contributed by atoms with E-state index in [1.807, 2.05) is 0 Å². The largest absolute Gasteiger partial charge is 0.337 e. The summed E-state index contributed by atoms with van der Waals surface area (Å²) in [5.41, 5.74) is 0.341. The summed E-state index contributed by atoms with van der Waals surface area (Å²) in [4.78, 5) is 14.0. The van der Waals surface area contributed by atoms with Crippen LogP contribution >= 0.6 is 0 Å². The van der Waals surface area contributed by atoms with Gasteiger partial charge in [0, 0.05) is 18.5 Å². The molecule has 0 bridgehead atoms. The molecular weight excluding hydrogens is 174 g/mol. The number of carbonyl (C=O) groups is 1. The molecule has 3 fully saturated rings. The van der Waals surface area contributed by atoms with Crippen LogP contribution in [0, 0.1) is 5.92 Å². The lowest BCUT2D eigenvalue weighted by Crippen LogP contribution is -2.55. The van der Waals surface area contributed by atoms with Gasteiger partial charge in [-0.2, -0.15) is 0 Å². The fourth-order valence-electron chi connectivity index (χ4n) is 4.08. The molecule has 2 saturated heterocycles. The molecule has 1 saturated carbocycles. The molecule has 1 amide bonds. The normalized spacial score (nSPS) is 42.1. The Balaban J connectivity index is 1.94. The van der Waals surface area contributed by atoms with Gasteiger partial charge in [-0.1, -0.05) is 12.8 Å². The van der Waals surface area contributed by atoms with Crippen LogP contribution in [-0.2, 0) is 4.79 Å². The summed E-state index contributed by atoms with van der Waals surface area (Å²) in [5, 5.41) is 0. The lowest BCUT2D eigenvalue weighted by Gasteiger charge is -2.51. The van der Waals surface area contributed by atoms with Crippen LogP contribution in [0.3, 0.4) is 0 Å². The van der Waals surface area contributed by atoms with Gasteiger partial charge in [0.2, 0.25) is 5.91 Å². The van der Waals surface area contributed by atoms with Crippen LogP contribution in [0.15, 0.2) is 0 Å². The second-order valence-corrected chi connectivity index (χ2v) is 5.23. The highest BCUT2D eigenvalue weighted by Gasteiger charge is 2.52. The Morgan fingerprint density at radius 1 is 1.14 bits per heavy atom. The van der Waals surface area contributed by atoms with Crippen LogP contribution in [0.4, 0.5) is 0 Å². The van der Waals surface area contributed by atoms with E-state index in [4.69, 9.17) is 0 Å². The number of carbonyl (C=O) groups excluding carboxylic acids is 1. The van der Waals surface area contributed by atoms with Gasteiger partial charge in [0.25, 0.3) is 0 Å². The average molecular weight is 193 g/mol. The SMILES string of the molecule is O=C1CC[C@@]23CCCC[C@H]2CCCN13. The summed E-state index contributed by atoms with van der Waals surface area (Å²) in [6.45, 7) is 1.05. The van der Waals surface area contributed by atoms with Crippen molar-refractivity contribution in [2.24, 2.45) is 5.92 Å². The van der Waals surface area contributed by atoms with Gasteiger partial charge in [0.05, 0.1) is 0 Å². The summed E-state index contributed by atoms with van der Waals surface area (Å²) in [7, 11) is 0. The van der Waals surface area contributed by atoms with E-state index in [0.717, 1.165) is 25.3 Å². The smallest absolute Gasteiger partial charge is 0.223 e. The van der Waals surface area contributed by atoms with Crippen LogP contribution in [0.5, 0.6) is 0 Å². The summed E-state index contributed by atoms with van der Waals surface area (Å²) in [6.07, 6.45) is 10.0. The number of rotatable bonds is 0. The number of hydrogen-bond acceptors (Lipinski definition) is 1. The molecule has 14 heavy (non-hydrogen) atoms. The van der Waals surface area contributed by atoms with Gasteiger partial charge in [-0.3, -0.25) is 4.79 Å². The molecule has 2 nitrogen and oxygen atoms in total. The second kappa shape index (κ2) is 2.98. The van der Waals surface area contributed by atoms with Crippen LogP contribution in [0.2, 0.25) is 0 Å². The molecule has 2 heteroatoms. The van der Waals surface area contributed by atoms with Crippen molar-refractivity contribution in [1.82, 2.24) is 4.90 Å². The van der Waals surface area contributed by atoms with Gasteiger partial charge in [0.15, 0.2) is 0 Å². The van der Waals surface area contributed by atoms with Crippen molar-refractivity contribution in [3.05, 3.63) is 0 Å². The van der Waals surface area contributed by atoms with E-state index < -0.39 is 0 Å². The van der Waals surface area contributed by atoms with Gasteiger partial charge >= 0.3 is 0 Å². The minimum absolute atomic E-state index is 0.341. The van der Waals surface area contributed by atoms with Crippen molar-refractivity contribution in [2.75, 3.05) is 6.54 Å². The molecule has 2 aliphatic heterocycles. The summed E-state index contributed by atoms with van der Waals surface area (Å²) in [5.74, 6) is 1.29. The molecule has 3 aliphatic rings. The van der Waals surface area contributed by atoms with E-state index in [2.05, 4.69) is 4.90 Å². The van der Waals surface area contributed by atoms with E-state index in [1.165, 1.54) is 38.5 Å². The van der Waals surface area contributed by atoms with Crippen molar-refractivity contribution in [2.45, 2.75) is 56.9 Å². The Bertz CT molecular complexity index is 261. The Kier molecular flexibility index (Phi) is 1.86. The second-order valence-electron chi connectivity index (χ2n) is 5.23. The van der Waals surface area contributed by atoms with E-state index in [0.29, 0.717) is 11.4 Å². The molecule has 3 rings (SSSR count). The third-order valence-corrected chi connectivity index (χ3v) is 4.72. The first-order valence-electron chi connectivity index (χ1n) is 6.13. The zero-order valence-corrected chi connectivity index (χ0v) is 8.80. The average Bonchev–Trinajstić information content (AvgIpc) is 2.55. The predicted molar refractivity (Wildman–Crippen MR) is 54.9 cm³/mol. The third-order valence-electron chi connectivity index (χ3n) is 4.72. The maximum absolute atomic E-state index is 11.8. The highest BCUT2D eigenvalue weighted by atomic mass is 16.2. The number of hydrogen-bond donors (Lipinski definition) is 0. The molecule has 2 atom stereocenters. The van der Waals surface area contributed by atoms with Crippen molar-refractivity contribution in [1.29, 1.82) is 0 Å². The van der Waals surface area contributed by atoms with Gasteiger partial charge in [-0.25, -0.2) is 0 Å². The Labute approximate surface area is 85.7 Å². The first kappa shape index (κ1) is 8.75. The number of amides is 1. The highest BCUT2D eigenvalue weighted by molar-refractivity contribution is 5.80. The summed E-state index contributed by atoms with van der Waals surface area (Å²) >= 11 is 0. The lowest BCUT2D eigenvalue weighted by atomic mass is 9.67. The van der Waals surface area contributed by atoms with Crippen LogP contribution in [0.25, 0.3) is 0 Å². The summed E-state index contributed by atoms with van der Waals surface area (Å²) < 4.78 is 0. The van der Waals surface area contributed by atoms with E-state index in [1.54, 1.807) is 0 Å². The lowest BCUT2D eigenvalue weighted by molar-refractivity contribution is -0.136. The number of nitrogens with zero attached hydrogens (tertiary/aromatic N) is 1. The minimum atomic E-state index is 0.341. The molecule has 0 radical (unpaired) electrons. The molecular formula is C12H19NO. The molecule has 1 spiro atoms. The van der Waals surface area contributed by atoms with Crippen LogP contribution in [-0.4, -0.2) is 22.9 Å². The first-order chi connectivity index (χ1) is 6.83. The van der Waals surface area contributed by atoms with Gasteiger partial charge in [-0.05, 0) is 38.0 Å². The van der Waals surface area contributed by atoms with Crippen LogP contribution in [0.1, 0.15) is 51.4 Å². The standard InChI is InChI=1S/C12H19NO/c14-11-6-8-12-7-2-1-4-10(12)5-3-9-13(11)12/h10H,1-9H2/t10-,12-/m0/s1. The van der Waals surface area contributed by atoms with Gasteiger partial charge in [0.1, 0.15) is 0 Å². The van der Waals surface area contributed by atoms with E-state index in [-0.39, 0.29) is 0 Å². The van der Waals surface area contributed by atoms with E-state index >= 15 is 0 Å². The molecule has 0 aromatic rings. The summed E-state index contributed by atoms with van der Waals surface area (Å²) in [6, 6.07) is 0. The minimum Gasteiger partial charge on any atom is -0.337 e. The predicted octanol–water partition coefficient (Wildman–Crippen LogP) is 2.33. The molecule has 78 valence electrons. The molecule has 0 unspecified atom stereocenters. The first-order valence-corrected chi connectivity index (χ1v) is 6.13.